The Bertz CT molecular complexity index is 4850. The molecule has 0 radical (unpaired) electrons. The molecule has 0 amide bonds. The smallest absolute Gasteiger partial charge is 0.142 e. The summed E-state index contributed by atoms with van der Waals surface area (Å²) in [6.45, 7) is 4.26. The van der Waals surface area contributed by atoms with Gasteiger partial charge in [-0.2, -0.15) is 74.3 Å². The predicted octanol–water partition coefficient (Wildman–Crippen LogP) is 14.7. The van der Waals surface area contributed by atoms with Crippen LogP contribution >= 0.6 is 0 Å². The molecule has 12 nitrogen and oxygen atoms in total. The van der Waals surface area contributed by atoms with E-state index in [1.807, 2.05) is 26.2 Å². The number of fused-ring (bicyclic) bond motifs is 14. The molecule has 14 aromatic rings. The largest absolute Gasteiger partial charge is 0.581 e. The van der Waals surface area contributed by atoms with Gasteiger partial charge in [0.1, 0.15) is 23.3 Å². The number of rotatable bonds is 8. The summed E-state index contributed by atoms with van der Waals surface area (Å²) in [5.41, 5.74) is 21.9. The molecule has 0 bridgehead atoms. The third-order valence-electron chi connectivity index (χ3n) is 20.4. The number of hydrogen-bond acceptors (Lipinski definition) is 10. The molecule has 0 unspecified atom stereocenters. The van der Waals surface area contributed by atoms with Gasteiger partial charge in [0.05, 0.1) is 21.9 Å². The van der Waals surface area contributed by atoms with Crippen molar-refractivity contribution in [3.63, 3.8) is 0 Å². The first-order valence-electron chi connectivity index (χ1n) is 31.6. The molecule has 0 atom stereocenters. The number of anilines is 4. The fraction of sp³-hybridized carbons (Fsp3) is 0.0732. The van der Waals surface area contributed by atoms with Crippen molar-refractivity contribution in [2.24, 2.45) is 0 Å². The van der Waals surface area contributed by atoms with E-state index in [9.17, 15) is 0 Å². The van der Waals surface area contributed by atoms with Crippen LogP contribution in [0.15, 0.2) is 280 Å². The first kappa shape index (κ1) is 59.1. The van der Waals surface area contributed by atoms with Crippen LogP contribution in [0.2, 0.25) is 0 Å². The van der Waals surface area contributed by atoms with Gasteiger partial charge < -0.3 is 40.0 Å². The van der Waals surface area contributed by atoms with Crippen molar-refractivity contribution in [3.8, 4) is 44.5 Å². The summed E-state index contributed by atoms with van der Waals surface area (Å²) >= 11 is 0. The van der Waals surface area contributed by atoms with Crippen LogP contribution in [-0.4, -0.2) is 44.2 Å². The molecule has 6 aliphatic rings. The second-order valence-electron chi connectivity index (χ2n) is 24.7. The van der Waals surface area contributed by atoms with E-state index in [-0.39, 0.29) is 42.1 Å². The van der Waals surface area contributed by atoms with Crippen LogP contribution < -0.4 is 29.8 Å². The van der Waals surface area contributed by atoms with E-state index < -0.39 is 21.9 Å². The topological polar surface area (TPSA) is 119 Å². The normalized spacial score (nSPS) is 15.6. The molecule has 468 valence electrons. The number of nitrogens with zero attached hydrogens (tertiary/aromatic N) is 12. The van der Waals surface area contributed by atoms with Crippen molar-refractivity contribution in [1.82, 2.24) is 40.3 Å². The zero-order chi connectivity index (χ0) is 62.3. The zero-order valence-electron chi connectivity index (χ0n) is 51.7. The average molecular weight is 1600 g/mol. The van der Waals surface area contributed by atoms with E-state index >= 15 is 0 Å². The Morgan fingerprint density at radius 1 is 0.302 bits per heavy atom. The molecule has 20 rings (SSSR count). The molecule has 0 fully saturated rings. The van der Waals surface area contributed by atoms with Gasteiger partial charge in [0, 0.05) is 78.3 Å². The predicted molar refractivity (Wildman–Crippen MR) is 365 cm³/mol. The van der Waals surface area contributed by atoms with E-state index in [0.717, 1.165) is 56.9 Å². The molecular formula is C82H54N12Pt2-6. The van der Waals surface area contributed by atoms with Crippen molar-refractivity contribution in [2.75, 3.05) is 33.7 Å². The molecule has 0 saturated heterocycles. The summed E-state index contributed by atoms with van der Waals surface area (Å²) in [5.74, 6) is 3.22. The van der Waals surface area contributed by atoms with Crippen LogP contribution in [-0.2, 0) is 64.0 Å². The third-order valence-corrected chi connectivity index (χ3v) is 20.4. The van der Waals surface area contributed by atoms with Crippen LogP contribution in [0.4, 0.5) is 23.3 Å². The minimum atomic E-state index is -0.782. The molecule has 14 heteroatoms. The summed E-state index contributed by atoms with van der Waals surface area (Å²) in [7, 11) is 4.06. The van der Waals surface area contributed by atoms with Gasteiger partial charge in [-0.3, -0.25) is 0 Å². The SMILES string of the molecule is CN1[CH-]N(C2(c3[c-]c(C4(c5cc[n-]n5)c5ccccc5-c5ccccc54)ccc3)c3ccccc3-c3ccccc32)c2nccnc21.CN1[CH-]N(C2(c3[c-]c(C4(c5cc[n-]n5)c5ccccc5-c5ccccc54)ccc3)c3ccccc3-c3ccccc32)c2nccnc21.[Pt].[Pt]. The third kappa shape index (κ3) is 7.79. The van der Waals surface area contributed by atoms with Crippen molar-refractivity contribution < 1.29 is 42.1 Å². The molecule has 0 saturated carbocycles. The van der Waals surface area contributed by atoms with Gasteiger partial charge >= 0.3 is 0 Å². The second-order valence-corrected chi connectivity index (χ2v) is 24.7. The minimum Gasteiger partial charge on any atom is -0.581 e. The van der Waals surface area contributed by atoms with Gasteiger partial charge in [0.15, 0.2) is 0 Å². The number of aromatic nitrogens is 8. The molecule has 96 heavy (non-hydrogen) atoms. The Labute approximate surface area is 585 Å². The summed E-state index contributed by atoms with van der Waals surface area (Å²) < 4.78 is 0. The van der Waals surface area contributed by atoms with Crippen molar-refractivity contribution in [2.45, 2.75) is 21.9 Å². The Morgan fingerprint density at radius 2 is 0.562 bits per heavy atom. The maximum absolute atomic E-state index is 4.92. The van der Waals surface area contributed by atoms with Gasteiger partial charge in [-0.25, -0.2) is 19.9 Å². The molecule has 0 spiro atoms. The maximum Gasteiger partial charge on any atom is 0.142 e. The number of hydrogen-bond donors (Lipinski definition) is 0. The quantitative estimate of drug-likeness (QED) is 0.135. The molecule has 4 aromatic heterocycles. The Morgan fingerprint density at radius 3 is 0.854 bits per heavy atom. The average Bonchev–Trinajstić information content (AvgIpc) is 1.53. The van der Waals surface area contributed by atoms with Crippen molar-refractivity contribution in [3.05, 3.63) is 383 Å². The Hall–Kier alpha value is -10.6. The molecular weight excluding hydrogens is 1540 g/mol. The van der Waals surface area contributed by atoms with Crippen LogP contribution in [0.5, 0.6) is 0 Å². The van der Waals surface area contributed by atoms with E-state index in [4.69, 9.17) is 30.1 Å². The Balaban J connectivity index is 0.000000142. The van der Waals surface area contributed by atoms with Gasteiger partial charge in [0.25, 0.3) is 0 Å². The van der Waals surface area contributed by atoms with E-state index in [2.05, 4.69) is 286 Å². The van der Waals surface area contributed by atoms with Gasteiger partial charge in [-0.1, -0.05) is 206 Å². The fourth-order valence-corrected chi connectivity index (χ4v) is 16.9. The molecule has 10 aromatic carbocycles. The van der Waals surface area contributed by atoms with Crippen LogP contribution in [0.3, 0.4) is 0 Å². The van der Waals surface area contributed by atoms with Crippen LogP contribution in [0.1, 0.15) is 78.1 Å². The van der Waals surface area contributed by atoms with Gasteiger partial charge in [-0.15, -0.1) is 22.3 Å². The summed E-state index contributed by atoms with van der Waals surface area (Å²) in [5, 5.41) is 18.2. The summed E-state index contributed by atoms with van der Waals surface area (Å²) in [6.07, 6.45) is 10.6. The molecule has 6 heterocycles. The second kappa shape index (κ2) is 22.5. The fourth-order valence-electron chi connectivity index (χ4n) is 16.9. The minimum absolute atomic E-state index is 0. The van der Waals surface area contributed by atoms with E-state index in [1.165, 1.54) is 89.0 Å². The molecule has 4 aliphatic carbocycles. The first-order valence-corrected chi connectivity index (χ1v) is 31.6. The molecule has 0 N–H and O–H groups in total. The van der Waals surface area contributed by atoms with Gasteiger partial charge in [-0.05, 0) is 103 Å². The van der Waals surface area contributed by atoms with Crippen molar-refractivity contribution in [1.29, 1.82) is 0 Å². The number of benzene rings is 10. The Kier molecular flexibility index (Phi) is 13.9. The first-order chi connectivity index (χ1) is 46.5. The van der Waals surface area contributed by atoms with Gasteiger partial charge in [0.2, 0.25) is 0 Å². The monoisotopic (exact) mass is 1600 g/mol. The summed E-state index contributed by atoms with van der Waals surface area (Å²) in [4.78, 5) is 28.0. The van der Waals surface area contributed by atoms with Crippen LogP contribution in [0.25, 0.3) is 44.5 Å². The standard InChI is InChI=1S/2C41H27N6.2Pt/c2*1-46-26-47(39-38(46)42-23-24-43-39)41(35-19-8-4-15-31(35)32-16-5-9-20-36(32)41)28-12-10-11-27(25-28)40(37-21-22-44-45-37)33-17-6-2-13-29(33)30-14-3-7-18-34(30)40;;/h2*2-24,26H,1H3;;/q2*-3;;. The zero-order valence-corrected chi connectivity index (χ0v) is 56.3. The summed E-state index contributed by atoms with van der Waals surface area (Å²) in [6, 6.07) is 95.0. The van der Waals surface area contributed by atoms with E-state index in [0.29, 0.717) is 0 Å². The maximum atomic E-state index is 4.92. The van der Waals surface area contributed by atoms with E-state index in [1.54, 1.807) is 37.2 Å². The van der Waals surface area contributed by atoms with Crippen LogP contribution in [0, 0.1) is 25.5 Å². The van der Waals surface area contributed by atoms with Crippen molar-refractivity contribution >= 4 is 23.3 Å². The molecule has 2 aliphatic heterocycles.